The summed E-state index contributed by atoms with van der Waals surface area (Å²) in [6.07, 6.45) is 3.56. The molecule has 0 radical (unpaired) electrons. The Kier molecular flexibility index (Phi) is 13.5. The number of nitrogens with one attached hydrogen (secondary N) is 1. The number of carbonyl (C=O) groups excluding carboxylic acids is 1. The first-order valence-corrected chi connectivity index (χ1v) is 9.65. The number of thiol groups is 1. The second-order valence-electron chi connectivity index (χ2n) is 5.95. The molecule has 0 aliphatic carbocycles. The number of piperidine rings is 1. The molecular formula is C17H34N2O4S. The Hall–Kier alpha value is -0.340. The maximum absolute atomic E-state index is 12.0. The van der Waals surface area contributed by atoms with Crippen LogP contribution in [0.25, 0.3) is 0 Å². The van der Waals surface area contributed by atoms with Gasteiger partial charge in [0.2, 0.25) is 5.91 Å². The number of nitrogens with zero attached hydrogens (tertiary/aromatic N) is 1. The summed E-state index contributed by atoms with van der Waals surface area (Å²) >= 11 is 4.44. The lowest BCUT2D eigenvalue weighted by Crippen LogP contribution is -2.39. The highest BCUT2D eigenvalue weighted by atomic mass is 32.1. The van der Waals surface area contributed by atoms with Gasteiger partial charge in [0.05, 0.1) is 46.1 Å². The molecule has 7 heteroatoms. The van der Waals surface area contributed by atoms with Gasteiger partial charge < -0.3 is 24.4 Å². The second-order valence-corrected chi connectivity index (χ2v) is 6.68. The predicted octanol–water partition coefficient (Wildman–Crippen LogP) is 1.35. The van der Waals surface area contributed by atoms with Crippen LogP contribution in [0.4, 0.5) is 0 Å². The lowest BCUT2D eigenvalue weighted by atomic mass is 10.1. The van der Waals surface area contributed by atoms with Gasteiger partial charge in [-0.15, -0.1) is 0 Å². The first-order valence-electron chi connectivity index (χ1n) is 9.13. The fourth-order valence-corrected chi connectivity index (χ4v) is 2.65. The van der Waals surface area contributed by atoms with E-state index in [-0.39, 0.29) is 5.91 Å². The SMILES string of the molecule is CCCNCCOCCOCCOCCC(=O)N1CCC(S)CC1. The van der Waals surface area contributed by atoms with Crippen LogP contribution in [0.15, 0.2) is 0 Å². The van der Waals surface area contributed by atoms with Crippen LogP contribution in [0.3, 0.4) is 0 Å². The van der Waals surface area contributed by atoms with Crippen molar-refractivity contribution in [2.45, 2.75) is 37.9 Å². The molecule has 0 bridgehead atoms. The fraction of sp³-hybridized carbons (Fsp3) is 0.941. The van der Waals surface area contributed by atoms with Crippen molar-refractivity contribution in [3.63, 3.8) is 0 Å². The van der Waals surface area contributed by atoms with Gasteiger partial charge in [0.1, 0.15) is 0 Å². The molecule has 1 aliphatic heterocycles. The van der Waals surface area contributed by atoms with Crippen molar-refractivity contribution in [1.29, 1.82) is 0 Å². The van der Waals surface area contributed by atoms with E-state index < -0.39 is 0 Å². The summed E-state index contributed by atoms with van der Waals surface area (Å²) < 4.78 is 16.3. The van der Waals surface area contributed by atoms with Crippen molar-refractivity contribution in [2.75, 3.05) is 65.8 Å². The van der Waals surface area contributed by atoms with Crippen molar-refractivity contribution in [3.05, 3.63) is 0 Å². The molecule has 142 valence electrons. The standard InChI is InChI=1S/C17H34N2O4S/c1-2-6-18-7-11-22-13-15-23-14-12-21-10-5-17(20)19-8-3-16(24)4-9-19/h16,18,24H,2-15H2,1H3. The third-order valence-electron chi connectivity index (χ3n) is 3.87. The van der Waals surface area contributed by atoms with Crippen LogP contribution >= 0.6 is 12.6 Å². The van der Waals surface area contributed by atoms with Crippen molar-refractivity contribution in [1.82, 2.24) is 10.2 Å². The van der Waals surface area contributed by atoms with E-state index in [9.17, 15) is 4.79 Å². The Bertz CT molecular complexity index is 313. The van der Waals surface area contributed by atoms with Gasteiger partial charge in [-0.25, -0.2) is 0 Å². The molecule has 0 spiro atoms. The van der Waals surface area contributed by atoms with Crippen LogP contribution in [0.5, 0.6) is 0 Å². The van der Waals surface area contributed by atoms with Crippen LogP contribution < -0.4 is 5.32 Å². The van der Waals surface area contributed by atoms with E-state index in [1.54, 1.807) is 0 Å². The molecule has 0 aromatic carbocycles. The van der Waals surface area contributed by atoms with E-state index >= 15 is 0 Å². The number of amides is 1. The lowest BCUT2D eigenvalue weighted by molar-refractivity contribution is -0.133. The quantitative estimate of drug-likeness (QED) is 0.361. The summed E-state index contributed by atoms with van der Waals surface area (Å²) in [7, 11) is 0. The largest absolute Gasteiger partial charge is 0.379 e. The summed E-state index contributed by atoms with van der Waals surface area (Å²) in [6, 6.07) is 0. The number of hydrogen-bond acceptors (Lipinski definition) is 6. The minimum Gasteiger partial charge on any atom is -0.379 e. The zero-order valence-corrected chi connectivity index (χ0v) is 15.9. The first-order chi connectivity index (χ1) is 11.7. The molecule has 1 aliphatic rings. The maximum atomic E-state index is 12.0. The van der Waals surface area contributed by atoms with E-state index in [0.29, 0.717) is 51.3 Å². The molecule has 1 heterocycles. The van der Waals surface area contributed by atoms with Gasteiger partial charge in [0, 0.05) is 24.9 Å². The van der Waals surface area contributed by atoms with Gasteiger partial charge in [-0.3, -0.25) is 4.79 Å². The topological polar surface area (TPSA) is 60.0 Å². The molecule has 1 fully saturated rings. The average molecular weight is 363 g/mol. The Morgan fingerprint density at radius 2 is 1.58 bits per heavy atom. The monoisotopic (exact) mass is 362 g/mol. The third-order valence-corrected chi connectivity index (χ3v) is 4.39. The van der Waals surface area contributed by atoms with Gasteiger partial charge in [-0.05, 0) is 25.8 Å². The summed E-state index contributed by atoms with van der Waals surface area (Å²) in [5.74, 6) is 0.182. The Balaban J connectivity index is 1.79. The van der Waals surface area contributed by atoms with E-state index in [4.69, 9.17) is 14.2 Å². The minimum atomic E-state index is 0.182. The summed E-state index contributed by atoms with van der Waals surface area (Å²) in [6.45, 7) is 9.13. The number of ether oxygens (including phenoxy) is 3. The van der Waals surface area contributed by atoms with Gasteiger partial charge in [-0.1, -0.05) is 6.92 Å². The normalized spacial score (nSPS) is 15.8. The average Bonchev–Trinajstić information content (AvgIpc) is 2.59. The fourth-order valence-electron chi connectivity index (χ4n) is 2.42. The molecule has 0 saturated carbocycles. The van der Waals surface area contributed by atoms with E-state index in [0.717, 1.165) is 45.4 Å². The van der Waals surface area contributed by atoms with Crippen LogP contribution in [-0.2, 0) is 19.0 Å². The van der Waals surface area contributed by atoms with Crippen LogP contribution in [-0.4, -0.2) is 81.9 Å². The molecule has 1 rings (SSSR count). The van der Waals surface area contributed by atoms with Gasteiger partial charge in [0.15, 0.2) is 0 Å². The van der Waals surface area contributed by atoms with Gasteiger partial charge in [0.25, 0.3) is 0 Å². The highest BCUT2D eigenvalue weighted by Crippen LogP contribution is 2.15. The van der Waals surface area contributed by atoms with E-state index in [1.807, 2.05) is 4.90 Å². The van der Waals surface area contributed by atoms with E-state index in [2.05, 4.69) is 24.9 Å². The molecule has 6 nitrogen and oxygen atoms in total. The molecular weight excluding hydrogens is 328 g/mol. The number of hydrogen-bond donors (Lipinski definition) is 2. The van der Waals surface area contributed by atoms with Gasteiger partial charge >= 0.3 is 0 Å². The predicted molar refractivity (Wildman–Crippen MR) is 98.8 cm³/mol. The maximum Gasteiger partial charge on any atom is 0.224 e. The molecule has 0 aromatic rings. The highest BCUT2D eigenvalue weighted by molar-refractivity contribution is 7.80. The zero-order valence-electron chi connectivity index (χ0n) is 15.0. The third kappa shape index (κ3) is 11.3. The Morgan fingerprint density at radius 3 is 2.21 bits per heavy atom. The van der Waals surface area contributed by atoms with Crippen molar-refractivity contribution in [2.24, 2.45) is 0 Å². The summed E-state index contributed by atoms with van der Waals surface area (Å²) in [5.41, 5.74) is 0. The molecule has 1 N–H and O–H groups in total. The summed E-state index contributed by atoms with van der Waals surface area (Å²) in [4.78, 5) is 13.9. The van der Waals surface area contributed by atoms with Crippen LogP contribution in [0, 0.1) is 0 Å². The molecule has 1 amide bonds. The number of rotatable bonds is 14. The number of carbonyl (C=O) groups is 1. The van der Waals surface area contributed by atoms with Crippen molar-refractivity contribution >= 4 is 18.5 Å². The molecule has 0 atom stereocenters. The Labute approximate surface area is 152 Å². The van der Waals surface area contributed by atoms with Crippen LogP contribution in [0.1, 0.15) is 32.6 Å². The molecule has 0 unspecified atom stereocenters. The van der Waals surface area contributed by atoms with Crippen molar-refractivity contribution < 1.29 is 19.0 Å². The molecule has 1 saturated heterocycles. The molecule has 24 heavy (non-hydrogen) atoms. The van der Waals surface area contributed by atoms with Crippen LogP contribution in [0.2, 0.25) is 0 Å². The van der Waals surface area contributed by atoms with Gasteiger partial charge in [-0.2, -0.15) is 12.6 Å². The smallest absolute Gasteiger partial charge is 0.224 e. The Morgan fingerprint density at radius 1 is 1.00 bits per heavy atom. The summed E-state index contributed by atoms with van der Waals surface area (Å²) in [5, 5.41) is 3.72. The highest BCUT2D eigenvalue weighted by Gasteiger charge is 2.20. The zero-order chi connectivity index (χ0) is 17.5. The number of likely N-dealkylation sites (tertiary alicyclic amines) is 1. The van der Waals surface area contributed by atoms with Crippen molar-refractivity contribution in [3.8, 4) is 0 Å². The molecule has 0 aromatic heterocycles. The first kappa shape index (κ1) is 21.7. The minimum absolute atomic E-state index is 0.182. The van der Waals surface area contributed by atoms with E-state index in [1.165, 1.54) is 0 Å². The lowest BCUT2D eigenvalue weighted by Gasteiger charge is -2.29. The second kappa shape index (κ2) is 15.0.